The first-order valence-electron chi connectivity index (χ1n) is 9.03. The minimum Gasteiger partial charge on any atom is -0.444 e. The topological polar surface area (TPSA) is 84.4 Å². The molecule has 28 heavy (non-hydrogen) atoms. The minimum atomic E-state index is -0.524. The summed E-state index contributed by atoms with van der Waals surface area (Å²) in [6, 6.07) is 3.39. The zero-order chi connectivity index (χ0) is 20.2. The van der Waals surface area contributed by atoms with Gasteiger partial charge in [-0.15, -0.1) is 0 Å². The van der Waals surface area contributed by atoms with Crippen LogP contribution in [0.5, 0.6) is 0 Å². The third-order valence-electron chi connectivity index (χ3n) is 5.04. The van der Waals surface area contributed by atoms with Crippen LogP contribution in [0.1, 0.15) is 20.8 Å². The van der Waals surface area contributed by atoms with Crippen molar-refractivity contribution in [2.45, 2.75) is 26.4 Å². The van der Waals surface area contributed by atoms with E-state index in [4.69, 9.17) is 27.9 Å². The summed E-state index contributed by atoms with van der Waals surface area (Å²) >= 11 is 12.0. The smallest absolute Gasteiger partial charge is 0.410 e. The van der Waals surface area contributed by atoms with E-state index in [1.54, 1.807) is 23.2 Å². The minimum absolute atomic E-state index is 0.0862. The van der Waals surface area contributed by atoms with Crippen LogP contribution in [0.4, 0.5) is 10.6 Å². The van der Waals surface area contributed by atoms with Gasteiger partial charge >= 0.3 is 6.09 Å². The highest BCUT2D eigenvalue weighted by molar-refractivity contribution is 6.36. The van der Waals surface area contributed by atoms with Crippen molar-refractivity contribution in [1.29, 1.82) is 0 Å². The summed E-state index contributed by atoms with van der Waals surface area (Å²) in [6.07, 6.45) is 1.24. The second kappa shape index (κ2) is 6.74. The number of piperidine rings is 1. The number of nitrogens with one attached hydrogen (secondary N) is 1. The maximum atomic E-state index is 12.6. The molecule has 1 saturated heterocycles. The molecule has 3 atom stereocenters. The Morgan fingerprint density at radius 3 is 2.54 bits per heavy atom. The lowest BCUT2D eigenvalue weighted by Gasteiger charge is -2.25. The van der Waals surface area contributed by atoms with Crippen LogP contribution in [0, 0.1) is 17.8 Å². The van der Waals surface area contributed by atoms with E-state index in [-0.39, 0.29) is 40.1 Å². The Hall–Kier alpha value is -2.12. The Morgan fingerprint density at radius 2 is 1.89 bits per heavy atom. The molecule has 1 unspecified atom stereocenters. The van der Waals surface area contributed by atoms with Gasteiger partial charge in [-0.05, 0) is 50.1 Å². The Morgan fingerprint density at radius 1 is 1.21 bits per heavy atom. The van der Waals surface area contributed by atoms with Gasteiger partial charge in [0.05, 0.1) is 0 Å². The van der Waals surface area contributed by atoms with Crippen LogP contribution >= 0.6 is 23.2 Å². The van der Waals surface area contributed by atoms with E-state index in [9.17, 15) is 9.59 Å². The van der Waals surface area contributed by atoms with E-state index >= 15 is 0 Å². The first-order valence-corrected chi connectivity index (χ1v) is 9.78. The average molecular weight is 423 g/mol. The number of rotatable bonds is 2. The maximum Gasteiger partial charge on any atom is 0.410 e. The average Bonchev–Trinajstić information content (AvgIpc) is 3.07. The summed E-state index contributed by atoms with van der Waals surface area (Å²) in [7, 11) is 0. The van der Waals surface area contributed by atoms with E-state index < -0.39 is 5.60 Å². The second-order valence-corrected chi connectivity index (χ2v) is 9.00. The van der Waals surface area contributed by atoms with E-state index in [2.05, 4.69) is 15.3 Å². The molecule has 2 aromatic heterocycles. The number of carbonyl (C=O) groups excluding carboxylic acids is 2. The van der Waals surface area contributed by atoms with Crippen molar-refractivity contribution >= 4 is 51.8 Å². The van der Waals surface area contributed by atoms with Crippen LogP contribution in [-0.2, 0) is 9.53 Å². The van der Waals surface area contributed by atoms with Gasteiger partial charge in [0, 0.05) is 30.6 Å². The van der Waals surface area contributed by atoms with E-state index in [0.717, 1.165) is 5.39 Å². The Kier molecular flexibility index (Phi) is 4.62. The molecule has 2 aromatic rings. The fourth-order valence-electron chi connectivity index (χ4n) is 3.75. The highest BCUT2D eigenvalue weighted by Crippen LogP contribution is 2.52. The molecule has 1 N–H and O–H groups in total. The van der Waals surface area contributed by atoms with Crippen molar-refractivity contribution in [3.8, 4) is 0 Å². The molecule has 0 aromatic carbocycles. The predicted molar refractivity (Wildman–Crippen MR) is 106 cm³/mol. The van der Waals surface area contributed by atoms with Gasteiger partial charge in [-0.1, -0.05) is 23.2 Å². The summed E-state index contributed by atoms with van der Waals surface area (Å²) < 4.78 is 5.39. The molecule has 1 saturated carbocycles. The Labute approximate surface area is 172 Å². The van der Waals surface area contributed by atoms with Gasteiger partial charge in [0.1, 0.15) is 21.7 Å². The number of aromatic nitrogens is 2. The highest BCUT2D eigenvalue weighted by atomic mass is 35.5. The first kappa shape index (κ1) is 19.2. The predicted octanol–water partition coefficient (Wildman–Crippen LogP) is 3.99. The summed E-state index contributed by atoms with van der Waals surface area (Å²) in [6.45, 7) is 6.60. The summed E-state index contributed by atoms with van der Waals surface area (Å²) in [5, 5.41) is 4.82. The molecule has 1 aliphatic heterocycles. The van der Waals surface area contributed by atoms with E-state index in [0.29, 0.717) is 24.3 Å². The number of amides is 2. The van der Waals surface area contributed by atoms with E-state index in [1.807, 2.05) is 20.8 Å². The van der Waals surface area contributed by atoms with Gasteiger partial charge in [-0.3, -0.25) is 4.79 Å². The largest absolute Gasteiger partial charge is 0.444 e. The summed E-state index contributed by atoms with van der Waals surface area (Å²) in [4.78, 5) is 34.6. The third kappa shape index (κ3) is 3.73. The lowest BCUT2D eigenvalue weighted by Crippen LogP contribution is -2.38. The standard InChI is InChI=1S/C19H20Cl2N4O3/c1-19(2,3)28-18(27)25-7-11-12(8-25)15(11)17(26)24-14-5-9-4-13(20)23-16(21)10(9)6-22-14/h4-6,11-12,15H,7-8H2,1-3H3,(H,22,24,26)/t11-,12+,15?. The molecule has 2 fully saturated rings. The van der Waals surface area contributed by atoms with Crippen LogP contribution in [0.15, 0.2) is 18.3 Å². The number of likely N-dealkylation sites (tertiary alicyclic amines) is 1. The molecule has 0 spiro atoms. The molecule has 3 heterocycles. The number of fused-ring (bicyclic) bond motifs is 2. The zero-order valence-electron chi connectivity index (χ0n) is 15.7. The number of anilines is 1. The van der Waals surface area contributed by atoms with Crippen molar-refractivity contribution in [1.82, 2.24) is 14.9 Å². The van der Waals surface area contributed by atoms with Crippen molar-refractivity contribution in [2.75, 3.05) is 18.4 Å². The molecule has 7 nitrogen and oxygen atoms in total. The first-order chi connectivity index (χ1) is 13.1. The molecular formula is C19H20Cl2N4O3. The molecule has 2 amide bonds. The zero-order valence-corrected chi connectivity index (χ0v) is 17.2. The lowest BCUT2D eigenvalue weighted by molar-refractivity contribution is -0.118. The van der Waals surface area contributed by atoms with Gasteiger partial charge in [-0.2, -0.15) is 0 Å². The fraction of sp³-hybridized carbons (Fsp3) is 0.474. The molecular weight excluding hydrogens is 403 g/mol. The number of pyridine rings is 2. The monoisotopic (exact) mass is 422 g/mol. The van der Waals surface area contributed by atoms with Gasteiger partial charge in [-0.25, -0.2) is 14.8 Å². The Bertz CT molecular complexity index is 964. The van der Waals surface area contributed by atoms with Gasteiger partial charge in [0.2, 0.25) is 5.91 Å². The van der Waals surface area contributed by atoms with E-state index in [1.165, 1.54) is 0 Å². The van der Waals surface area contributed by atoms with Crippen LogP contribution in [0.2, 0.25) is 10.3 Å². The SMILES string of the molecule is CC(C)(C)OC(=O)N1C[C@@H]2C(C(=O)Nc3cc4cc(Cl)nc(Cl)c4cn3)[C@@H]2C1. The molecule has 1 aliphatic carbocycles. The number of carbonyl (C=O) groups is 2. The normalized spacial score (nSPS) is 23.5. The number of ether oxygens (including phenoxy) is 1. The van der Waals surface area contributed by atoms with Gasteiger partial charge in [0.25, 0.3) is 0 Å². The van der Waals surface area contributed by atoms with Crippen LogP contribution in [0.25, 0.3) is 10.8 Å². The van der Waals surface area contributed by atoms with Crippen molar-refractivity contribution < 1.29 is 14.3 Å². The highest BCUT2D eigenvalue weighted by Gasteiger charge is 2.60. The van der Waals surface area contributed by atoms with Gasteiger partial charge in [0.15, 0.2) is 0 Å². The second-order valence-electron chi connectivity index (χ2n) is 8.25. The Balaban J connectivity index is 1.38. The van der Waals surface area contributed by atoms with Crippen LogP contribution in [0.3, 0.4) is 0 Å². The molecule has 2 aliphatic rings. The summed E-state index contributed by atoms with van der Waals surface area (Å²) in [5.74, 6) is 0.574. The number of hydrogen-bond donors (Lipinski definition) is 1. The summed E-state index contributed by atoms with van der Waals surface area (Å²) in [5.41, 5.74) is -0.524. The molecule has 4 rings (SSSR count). The quantitative estimate of drug-likeness (QED) is 0.739. The van der Waals surface area contributed by atoms with Crippen LogP contribution in [-0.4, -0.2) is 45.6 Å². The van der Waals surface area contributed by atoms with Crippen molar-refractivity contribution in [3.63, 3.8) is 0 Å². The number of nitrogens with zero attached hydrogens (tertiary/aromatic N) is 3. The maximum absolute atomic E-state index is 12.6. The number of halogens is 2. The third-order valence-corrected chi connectivity index (χ3v) is 5.52. The van der Waals surface area contributed by atoms with Crippen molar-refractivity contribution in [2.24, 2.45) is 17.8 Å². The molecule has 9 heteroatoms. The molecule has 148 valence electrons. The lowest BCUT2D eigenvalue weighted by atomic mass is 10.2. The van der Waals surface area contributed by atoms with Crippen molar-refractivity contribution in [3.05, 3.63) is 28.6 Å². The number of hydrogen-bond acceptors (Lipinski definition) is 5. The van der Waals surface area contributed by atoms with Gasteiger partial charge < -0.3 is 15.0 Å². The fourth-order valence-corrected chi connectivity index (χ4v) is 4.24. The molecule has 0 radical (unpaired) electrons. The van der Waals surface area contributed by atoms with Crippen LogP contribution < -0.4 is 5.32 Å². The molecule has 0 bridgehead atoms.